The Hall–Kier alpha value is -1.05. The fraction of sp³-hybridized carbons (Fsp3) is 0.583. The minimum absolute atomic E-state index is 0.270. The van der Waals surface area contributed by atoms with E-state index in [4.69, 9.17) is 4.74 Å². The molecule has 0 aromatic rings. The molecular weight excluding hydrogens is 176 g/mol. The van der Waals surface area contributed by atoms with E-state index in [0.29, 0.717) is 12.3 Å². The fourth-order valence-electron chi connectivity index (χ4n) is 2.19. The standard InChI is InChI=1S/C12H16O2/c1-8(2)9-6-7-14-11-5-3-4-10(13)12(9)11/h6-9H,3-5H2,1-2H3/t9-/m1/s1. The molecule has 0 bridgehead atoms. The molecule has 0 saturated carbocycles. The Morgan fingerprint density at radius 1 is 1.43 bits per heavy atom. The lowest BCUT2D eigenvalue weighted by molar-refractivity contribution is -0.117. The van der Waals surface area contributed by atoms with Crippen molar-refractivity contribution in [2.45, 2.75) is 33.1 Å². The quantitative estimate of drug-likeness (QED) is 0.638. The molecule has 0 aromatic carbocycles. The van der Waals surface area contributed by atoms with Crippen molar-refractivity contribution in [3.63, 3.8) is 0 Å². The SMILES string of the molecule is CC(C)[C@H]1C=COC2=C1C(=O)CCC2. The molecule has 2 rings (SSSR count). The topological polar surface area (TPSA) is 26.3 Å². The van der Waals surface area contributed by atoms with Gasteiger partial charge in [-0.25, -0.2) is 0 Å². The Labute approximate surface area is 84.6 Å². The van der Waals surface area contributed by atoms with Crippen LogP contribution in [0.2, 0.25) is 0 Å². The van der Waals surface area contributed by atoms with E-state index in [2.05, 4.69) is 13.8 Å². The van der Waals surface area contributed by atoms with Crippen LogP contribution in [-0.2, 0) is 9.53 Å². The number of hydrogen-bond acceptors (Lipinski definition) is 2. The molecule has 0 radical (unpaired) electrons. The van der Waals surface area contributed by atoms with E-state index in [9.17, 15) is 4.79 Å². The summed E-state index contributed by atoms with van der Waals surface area (Å²) in [6, 6.07) is 0. The number of ether oxygens (including phenoxy) is 1. The zero-order chi connectivity index (χ0) is 10.1. The monoisotopic (exact) mass is 192 g/mol. The number of carbonyl (C=O) groups excluding carboxylic acids is 1. The van der Waals surface area contributed by atoms with Gasteiger partial charge in [-0.05, 0) is 18.4 Å². The van der Waals surface area contributed by atoms with Crippen LogP contribution in [0.5, 0.6) is 0 Å². The van der Waals surface area contributed by atoms with Gasteiger partial charge < -0.3 is 4.74 Å². The first-order chi connectivity index (χ1) is 6.70. The van der Waals surface area contributed by atoms with Gasteiger partial charge in [-0.15, -0.1) is 0 Å². The van der Waals surface area contributed by atoms with Crippen LogP contribution in [0.4, 0.5) is 0 Å². The van der Waals surface area contributed by atoms with Crippen LogP contribution in [0.1, 0.15) is 33.1 Å². The van der Waals surface area contributed by atoms with Crippen LogP contribution >= 0.6 is 0 Å². The highest BCUT2D eigenvalue weighted by Gasteiger charge is 2.31. The molecule has 0 fully saturated rings. The number of Topliss-reactive ketones (excluding diaryl/α,β-unsaturated/α-hetero) is 1. The summed E-state index contributed by atoms with van der Waals surface area (Å²) in [5, 5.41) is 0. The van der Waals surface area contributed by atoms with Crippen LogP contribution in [0.3, 0.4) is 0 Å². The number of rotatable bonds is 1. The molecule has 2 aliphatic rings. The first kappa shape index (κ1) is 9.50. The lowest BCUT2D eigenvalue weighted by Gasteiger charge is -2.28. The highest BCUT2D eigenvalue weighted by Crippen LogP contribution is 2.35. The molecule has 1 aliphatic heterocycles. The van der Waals surface area contributed by atoms with Gasteiger partial charge in [-0.2, -0.15) is 0 Å². The molecule has 1 heterocycles. The van der Waals surface area contributed by atoms with Gasteiger partial charge >= 0.3 is 0 Å². The Bertz CT molecular complexity index is 310. The maximum absolute atomic E-state index is 11.8. The number of hydrogen-bond donors (Lipinski definition) is 0. The lowest BCUT2D eigenvalue weighted by atomic mass is 9.80. The van der Waals surface area contributed by atoms with Crippen molar-refractivity contribution in [1.82, 2.24) is 0 Å². The summed E-state index contributed by atoms with van der Waals surface area (Å²) in [5.41, 5.74) is 0.939. The maximum atomic E-state index is 11.8. The highest BCUT2D eigenvalue weighted by atomic mass is 16.5. The fourth-order valence-corrected chi connectivity index (χ4v) is 2.19. The van der Waals surface area contributed by atoms with Crippen molar-refractivity contribution in [3.8, 4) is 0 Å². The Morgan fingerprint density at radius 3 is 2.93 bits per heavy atom. The molecule has 0 amide bonds. The van der Waals surface area contributed by atoms with E-state index in [1.165, 1.54) is 0 Å². The predicted octanol–water partition coefficient (Wildman–Crippen LogP) is 2.81. The summed E-state index contributed by atoms with van der Waals surface area (Å²) in [5.74, 6) is 1.95. The van der Waals surface area contributed by atoms with E-state index in [-0.39, 0.29) is 11.7 Å². The van der Waals surface area contributed by atoms with E-state index in [0.717, 1.165) is 24.2 Å². The van der Waals surface area contributed by atoms with E-state index >= 15 is 0 Å². The van der Waals surface area contributed by atoms with Crippen molar-refractivity contribution in [2.24, 2.45) is 11.8 Å². The van der Waals surface area contributed by atoms with Gasteiger partial charge in [0.05, 0.1) is 6.26 Å². The summed E-state index contributed by atoms with van der Waals surface area (Å²) in [6.07, 6.45) is 6.30. The lowest BCUT2D eigenvalue weighted by Crippen LogP contribution is -2.24. The normalized spacial score (nSPS) is 26.5. The second-order valence-corrected chi connectivity index (χ2v) is 4.33. The van der Waals surface area contributed by atoms with Crippen molar-refractivity contribution >= 4 is 5.78 Å². The van der Waals surface area contributed by atoms with Crippen LogP contribution < -0.4 is 0 Å². The summed E-state index contributed by atoms with van der Waals surface area (Å²) >= 11 is 0. The third-order valence-corrected chi connectivity index (χ3v) is 2.96. The largest absolute Gasteiger partial charge is 0.469 e. The highest BCUT2D eigenvalue weighted by molar-refractivity contribution is 5.97. The molecule has 76 valence electrons. The Morgan fingerprint density at radius 2 is 2.21 bits per heavy atom. The Balaban J connectivity index is 2.35. The minimum atomic E-state index is 0.270. The molecular formula is C12H16O2. The second-order valence-electron chi connectivity index (χ2n) is 4.33. The van der Waals surface area contributed by atoms with Gasteiger partial charge in [0.15, 0.2) is 5.78 Å². The molecule has 0 unspecified atom stereocenters. The summed E-state index contributed by atoms with van der Waals surface area (Å²) < 4.78 is 5.41. The van der Waals surface area contributed by atoms with Crippen LogP contribution in [0.25, 0.3) is 0 Å². The summed E-state index contributed by atoms with van der Waals surface area (Å²) in [7, 11) is 0. The van der Waals surface area contributed by atoms with Crippen molar-refractivity contribution in [2.75, 3.05) is 0 Å². The zero-order valence-corrected chi connectivity index (χ0v) is 8.75. The molecule has 0 saturated heterocycles. The third kappa shape index (κ3) is 1.49. The molecule has 1 atom stereocenters. The maximum Gasteiger partial charge on any atom is 0.162 e. The number of ketones is 1. The van der Waals surface area contributed by atoms with Crippen LogP contribution in [0, 0.1) is 11.8 Å². The molecule has 0 N–H and O–H groups in total. The average molecular weight is 192 g/mol. The van der Waals surface area contributed by atoms with E-state index < -0.39 is 0 Å². The zero-order valence-electron chi connectivity index (χ0n) is 8.75. The van der Waals surface area contributed by atoms with Crippen molar-refractivity contribution in [1.29, 1.82) is 0 Å². The molecule has 2 nitrogen and oxygen atoms in total. The van der Waals surface area contributed by atoms with Gasteiger partial charge in [0.1, 0.15) is 5.76 Å². The molecule has 2 heteroatoms. The molecule has 0 aromatic heterocycles. The Kier molecular flexibility index (Phi) is 2.44. The number of carbonyl (C=O) groups is 1. The molecule has 1 aliphatic carbocycles. The van der Waals surface area contributed by atoms with Gasteiger partial charge in [-0.1, -0.05) is 13.8 Å². The summed E-state index contributed by atoms with van der Waals surface area (Å²) in [4.78, 5) is 11.8. The molecule has 0 spiro atoms. The number of allylic oxidation sites excluding steroid dienone is 3. The van der Waals surface area contributed by atoms with Gasteiger partial charge in [-0.3, -0.25) is 4.79 Å². The van der Waals surface area contributed by atoms with Crippen molar-refractivity contribution < 1.29 is 9.53 Å². The first-order valence-corrected chi connectivity index (χ1v) is 5.29. The summed E-state index contributed by atoms with van der Waals surface area (Å²) in [6.45, 7) is 4.29. The van der Waals surface area contributed by atoms with Crippen molar-refractivity contribution in [3.05, 3.63) is 23.7 Å². The van der Waals surface area contributed by atoms with E-state index in [1.54, 1.807) is 6.26 Å². The predicted molar refractivity (Wildman–Crippen MR) is 54.4 cm³/mol. The van der Waals surface area contributed by atoms with E-state index in [1.807, 2.05) is 6.08 Å². The van der Waals surface area contributed by atoms with Crippen LogP contribution in [-0.4, -0.2) is 5.78 Å². The van der Waals surface area contributed by atoms with Gasteiger partial charge in [0, 0.05) is 24.3 Å². The van der Waals surface area contributed by atoms with Crippen LogP contribution in [0.15, 0.2) is 23.7 Å². The first-order valence-electron chi connectivity index (χ1n) is 5.29. The van der Waals surface area contributed by atoms with Gasteiger partial charge in [0.2, 0.25) is 0 Å². The third-order valence-electron chi connectivity index (χ3n) is 2.96. The molecule has 14 heavy (non-hydrogen) atoms. The smallest absolute Gasteiger partial charge is 0.162 e. The van der Waals surface area contributed by atoms with Gasteiger partial charge in [0.25, 0.3) is 0 Å². The minimum Gasteiger partial charge on any atom is -0.469 e. The second kappa shape index (κ2) is 3.60. The average Bonchev–Trinajstić information content (AvgIpc) is 2.17.